The van der Waals surface area contributed by atoms with Crippen LogP contribution >= 0.6 is 23.2 Å². The van der Waals surface area contributed by atoms with E-state index in [1.807, 2.05) is 36.4 Å². The molecule has 0 spiro atoms. The van der Waals surface area contributed by atoms with E-state index < -0.39 is 0 Å². The number of hydrogen-bond acceptors (Lipinski definition) is 2. The minimum Gasteiger partial charge on any atom is -0.497 e. The average Bonchev–Trinajstić information content (AvgIpc) is 2.44. The van der Waals surface area contributed by atoms with Crippen molar-refractivity contribution in [2.75, 3.05) is 7.11 Å². The Morgan fingerprint density at radius 3 is 2.63 bits per heavy atom. The van der Waals surface area contributed by atoms with Crippen molar-refractivity contribution in [2.45, 2.75) is 12.5 Å². The topological polar surface area (TPSA) is 35.2 Å². The fourth-order valence-electron chi connectivity index (χ4n) is 1.93. The van der Waals surface area contributed by atoms with Gasteiger partial charge in [-0.05, 0) is 35.7 Å². The summed E-state index contributed by atoms with van der Waals surface area (Å²) in [7, 11) is 1.64. The highest BCUT2D eigenvalue weighted by Crippen LogP contribution is 2.29. The van der Waals surface area contributed by atoms with Crippen LogP contribution in [0.15, 0.2) is 42.5 Å². The Balaban J connectivity index is 2.20. The molecule has 0 heterocycles. The Kier molecular flexibility index (Phi) is 4.70. The van der Waals surface area contributed by atoms with Crippen molar-refractivity contribution in [1.29, 1.82) is 0 Å². The van der Waals surface area contributed by atoms with Crippen LogP contribution in [0.4, 0.5) is 0 Å². The van der Waals surface area contributed by atoms with Gasteiger partial charge in [0.2, 0.25) is 0 Å². The summed E-state index contributed by atoms with van der Waals surface area (Å²) in [5.41, 5.74) is 8.17. The molecule has 0 aromatic heterocycles. The molecule has 1 unspecified atom stereocenters. The molecule has 2 nitrogen and oxygen atoms in total. The minimum atomic E-state index is -0.147. The first-order chi connectivity index (χ1) is 9.11. The third-order valence-corrected chi connectivity index (χ3v) is 3.85. The van der Waals surface area contributed by atoms with Crippen LogP contribution in [0, 0.1) is 0 Å². The summed E-state index contributed by atoms with van der Waals surface area (Å²) in [6.45, 7) is 0. The molecule has 0 saturated heterocycles. The van der Waals surface area contributed by atoms with Crippen molar-refractivity contribution in [3.63, 3.8) is 0 Å². The van der Waals surface area contributed by atoms with Gasteiger partial charge in [-0.25, -0.2) is 0 Å². The van der Waals surface area contributed by atoms with E-state index in [1.165, 1.54) is 0 Å². The predicted octanol–water partition coefficient (Wildman–Crippen LogP) is 4.24. The fourth-order valence-corrected chi connectivity index (χ4v) is 2.33. The van der Waals surface area contributed by atoms with Gasteiger partial charge in [0, 0.05) is 6.04 Å². The van der Waals surface area contributed by atoms with Gasteiger partial charge in [0.1, 0.15) is 5.75 Å². The van der Waals surface area contributed by atoms with E-state index >= 15 is 0 Å². The number of rotatable bonds is 4. The van der Waals surface area contributed by atoms with Crippen LogP contribution < -0.4 is 10.5 Å². The lowest BCUT2D eigenvalue weighted by atomic mass is 9.99. The largest absolute Gasteiger partial charge is 0.497 e. The van der Waals surface area contributed by atoms with Crippen LogP contribution in [0.5, 0.6) is 5.75 Å². The molecule has 0 aliphatic rings. The molecule has 2 aromatic rings. The molecule has 2 rings (SSSR count). The van der Waals surface area contributed by atoms with Crippen LogP contribution in [0.2, 0.25) is 10.0 Å². The third-order valence-electron chi connectivity index (χ3n) is 2.99. The molecule has 2 N–H and O–H groups in total. The molecule has 0 aliphatic heterocycles. The van der Waals surface area contributed by atoms with Gasteiger partial charge in [-0.3, -0.25) is 0 Å². The molecule has 0 aliphatic carbocycles. The summed E-state index contributed by atoms with van der Waals surface area (Å²) in [5.74, 6) is 0.796. The summed E-state index contributed by atoms with van der Waals surface area (Å²) in [5, 5.41) is 1.12. The quantitative estimate of drug-likeness (QED) is 0.915. The summed E-state index contributed by atoms with van der Waals surface area (Å²) < 4.78 is 5.20. The molecule has 4 heteroatoms. The van der Waals surface area contributed by atoms with Crippen molar-refractivity contribution in [2.24, 2.45) is 5.73 Å². The Morgan fingerprint density at radius 2 is 1.89 bits per heavy atom. The van der Waals surface area contributed by atoms with Gasteiger partial charge in [0.15, 0.2) is 0 Å². The van der Waals surface area contributed by atoms with Crippen LogP contribution in [-0.4, -0.2) is 7.11 Å². The summed E-state index contributed by atoms with van der Waals surface area (Å²) in [6, 6.07) is 13.2. The molecule has 100 valence electrons. The van der Waals surface area contributed by atoms with Crippen LogP contribution in [-0.2, 0) is 6.42 Å². The van der Waals surface area contributed by atoms with Crippen LogP contribution in [0.25, 0.3) is 0 Å². The van der Waals surface area contributed by atoms with Crippen LogP contribution in [0.1, 0.15) is 17.2 Å². The molecule has 0 fully saturated rings. The highest BCUT2D eigenvalue weighted by Gasteiger charge is 2.11. The Morgan fingerprint density at radius 1 is 1.16 bits per heavy atom. The second-order valence-electron chi connectivity index (χ2n) is 4.30. The number of ether oxygens (including phenoxy) is 1. The highest BCUT2D eigenvalue weighted by molar-refractivity contribution is 6.42. The van der Waals surface area contributed by atoms with Gasteiger partial charge in [-0.2, -0.15) is 0 Å². The zero-order chi connectivity index (χ0) is 13.8. The highest BCUT2D eigenvalue weighted by atomic mass is 35.5. The lowest BCUT2D eigenvalue weighted by Gasteiger charge is -2.14. The number of methoxy groups -OCH3 is 1. The maximum Gasteiger partial charge on any atom is 0.119 e. The van der Waals surface area contributed by atoms with Crippen molar-refractivity contribution in [3.8, 4) is 5.75 Å². The Hall–Kier alpha value is -1.22. The first-order valence-electron chi connectivity index (χ1n) is 5.94. The molecular formula is C15H15Cl2NO. The number of benzene rings is 2. The van der Waals surface area contributed by atoms with Crippen molar-refractivity contribution in [3.05, 3.63) is 63.6 Å². The minimum absolute atomic E-state index is 0.147. The van der Waals surface area contributed by atoms with Gasteiger partial charge >= 0.3 is 0 Å². The fraction of sp³-hybridized carbons (Fsp3) is 0.200. The van der Waals surface area contributed by atoms with Gasteiger partial charge < -0.3 is 10.5 Å². The number of halogens is 2. The summed E-state index contributed by atoms with van der Waals surface area (Å²) >= 11 is 12.2. The molecule has 1 atom stereocenters. The van der Waals surface area contributed by atoms with E-state index in [-0.39, 0.29) is 6.04 Å². The summed E-state index contributed by atoms with van der Waals surface area (Å²) in [4.78, 5) is 0. The molecular weight excluding hydrogens is 281 g/mol. The standard InChI is InChI=1S/C15H15Cl2NO/c1-19-12-6-2-4-10(8-12)14(18)9-11-5-3-7-13(16)15(11)17/h2-8,14H,9,18H2,1H3. The van der Waals surface area contributed by atoms with Gasteiger partial charge in [-0.1, -0.05) is 47.5 Å². The molecule has 0 bridgehead atoms. The van der Waals surface area contributed by atoms with Gasteiger partial charge in [0.25, 0.3) is 0 Å². The zero-order valence-corrected chi connectivity index (χ0v) is 12.1. The van der Waals surface area contributed by atoms with Crippen molar-refractivity contribution < 1.29 is 4.74 Å². The van der Waals surface area contributed by atoms with Crippen molar-refractivity contribution in [1.82, 2.24) is 0 Å². The smallest absolute Gasteiger partial charge is 0.119 e. The Bertz CT molecular complexity index is 572. The SMILES string of the molecule is COc1cccc(C(N)Cc2cccc(Cl)c2Cl)c1. The lowest BCUT2D eigenvalue weighted by molar-refractivity contribution is 0.414. The first-order valence-corrected chi connectivity index (χ1v) is 6.70. The predicted molar refractivity (Wildman–Crippen MR) is 80.1 cm³/mol. The first kappa shape index (κ1) is 14.2. The molecule has 2 aromatic carbocycles. The molecule has 0 radical (unpaired) electrons. The van der Waals surface area contributed by atoms with Gasteiger partial charge in [-0.15, -0.1) is 0 Å². The average molecular weight is 296 g/mol. The van der Waals surface area contributed by atoms with Gasteiger partial charge in [0.05, 0.1) is 17.2 Å². The maximum absolute atomic E-state index is 6.21. The van der Waals surface area contributed by atoms with E-state index in [4.69, 9.17) is 33.7 Å². The molecule has 0 saturated carbocycles. The number of hydrogen-bond donors (Lipinski definition) is 1. The van der Waals surface area contributed by atoms with Crippen molar-refractivity contribution >= 4 is 23.2 Å². The van der Waals surface area contributed by atoms with E-state index in [0.717, 1.165) is 16.9 Å². The number of nitrogens with two attached hydrogens (primary N) is 1. The lowest BCUT2D eigenvalue weighted by Crippen LogP contribution is -2.13. The molecule has 19 heavy (non-hydrogen) atoms. The van der Waals surface area contributed by atoms with E-state index in [9.17, 15) is 0 Å². The third kappa shape index (κ3) is 3.41. The monoisotopic (exact) mass is 295 g/mol. The van der Waals surface area contributed by atoms with E-state index in [0.29, 0.717) is 16.5 Å². The Labute approximate surface area is 123 Å². The second-order valence-corrected chi connectivity index (χ2v) is 5.09. The van der Waals surface area contributed by atoms with Crippen LogP contribution in [0.3, 0.4) is 0 Å². The summed E-state index contributed by atoms with van der Waals surface area (Å²) in [6.07, 6.45) is 0.632. The normalized spacial score (nSPS) is 12.2. The second kappa shape index (κ2) is 6.29. The maximum atomic E-state index is 6.21. The molecule has 0 amide bonds. The zero-order valence-electron chi connectivity index (χ0n) is 10.6. The van der Waals surface area contributed by atoms with E-state index in [2.05, 4.69) is 0 Å². The van der Waals surface area contributed by atoms with E-state index in [1.54, 1.807) is 13.2 Å².